The van der Waals surface area contributed by atoms with Gasteiger partial charge in [-0.25, -0.2) is 9.59 Å². The van der Waals surface area contributed by atoms with Crippen LogP contribution in [-0.4, -0.2) is 40.4 Å². The molecule has 0 aliphatic rings. The van der Waals surface area contributed by atoms with E-state index >= 15 is 0 Å². The number of hydrogen-bond acceptors (Lipinski definition) is 5. The lowest BCUT2D eigenvalue weighted by molar-refractivity contribution is -0.139. The summed E-state index contributed by atoms with van der Waals surface area (Å²) in [6, 6.07) is 6.68. The Morgan fingerprint density at radius 3 is 2.21 bits per heavy atom. The summed E-state index contributed by atoms with van der Waals surface area (Å²) in [6.45, 7) is 4.93. The fraction of sp³-hybridized carbons (Fsp3) is 0.412. The van der Waals surface area contributed by atoms with E-state index < -0.39 is 35.3 Å². The van der Waals surface area contributed by atoms with Gasteiger partial charge in [0.05, 0.1) is 0 Å². The minimum Gasteiger partial charge on any atom is -0.480 e. The van der Waals surface area contributed by atoms with Crippen molar-refractivity contribution in [2.24, 2.45) is 0 Å². The summed E-state index contributed by atoms with van der Waals surface area (Å²) in [5, 5.41) is 11.3. The number of nitrogens with one attached hydrogen (secondary N) is 1. The Morgan fingerprint density at radius 2 is 1.71 bits per heavy atom. The molecular weight excluding hydrogens is 314 g/mol. The van der Waals surface area contributed by atoms with Crippen molar-refractivity contribution in [2.45, 2.75) is 45.3 Å². The zero-order valence-electron chi connectivity index (χ0n) is 13.9. The Balaban J connectivity index is 2.60. The van der Waals surface area contributed by atoms with Crippen molar-refractivity contribution in [1.82, 2.24) is 5.32 Å². The molecule has 1 aromatic carbocycles. The van der Waals surface area contributed by atoms with Crippen LogP contribution in [0.5, 0.6) is 0 Å². The van der Waals surface area contributed by atoms with E-state index in [2.05, 4.69) is 5.32 Å². The van der Waals surface area contributed by atoms with Crippen LogP contribution in [0.4, 0.5) is 4.79 Å². The second kappa shape index (κ2) is 8.24. The number of ketones is 2. The molecule has 0 spiro atoms. The van der Waals surface area contributed by atoms with Crippen molar-refractivity contribution < 1.29 is 29.0 Å². The minimum atomic E-state index is -1.31. The summed E-state index contributed by atoms with van der Waals surface area (Å²) in [7, 11) is 0. The molecule has 0 radical (unpaired) electrons. The van der Waals surface area contributed by atoms with Crippen LogP contribution in [0.25, 0.3) is 0 Å². The summed E-state index contributed by atoms with van der Waals surface area (Å²) in [6.07, 6.45) is -1.39. The van der Waals surface area contributed by atoms with Gasteiger partial charge in [0.25, 0.3) is 0 Å². The Kier molecular flexibility index (Phi) is 6.64. The number of Topliss-reactive ketones (excluding diaryl/α,β-unsaturated/α-hetero) is 2. The molecule has 7 heteroatoms. The number of benzene rings is 1. The van der Waals surface area contributed by atoms with Gasteiger partial charge in [0.1, 0.15) is 11.6 Å². The third-order valence-electron chi connectivity index (χ3n) is 2.94. The van der Waals surface area contributed by atoms with Gasteiger partial charge in [-0.1, -0.05) is 30.3 Å². The molecule has 0 aliphatic carbocycles. The highest BCUT2D eigenvalue weighted by molar-refractivity contribution is 6.43. The molecule has 0 aliphatic heterocycles. The van der Waals surface area contributed by atoms with Crippen LogP contribution >= 0.6 is 0 Å². The van der Waals surface area contributed by atoms with Gasteiger partial charge in [0.15, 0.2) is 0 Å². The highest BCUT2D eigenvalue weighted by Gasteiger charge is 2.26. The molecule has 0 aromatic heterocycles. The average Bonchev–Trinajstić information content (AvgIpc) is 2.49. The van der Waals surface area contributed by atoms with Gasteiger partial charge < -0.3 is 15.2 Å². The van der Waals surface area contributed by atoms with Crippen LogP contribution < -0.4 is 5.32 Å². The number of ether oxygens (including phenoxy) is 1. The van der Waals surface area contributed by atoms with Gasteiger partial charge in [-0.15, -0.1) is 0 Å². The van der Waals surface area contributed by atoms with Gasteiger partial charge in [0, 0.05) is 12.0 Å². The van der Waals surface area contributed by atoms with E-state index in [-0.39, 0.29) is 18.4 Å². The van der Waals surface area contributed by atoms with Gasteiger partial charge in [-0.05, 0) is 27.2 Å². The summed E-state index contributed by atoms with van der Waals surface area (Å²) in [5.41, 5.74) is -0.527. The number of carbonyl (C=O) groups excluding carboxylic acids is 3. The van der Waals surface area contributed by atoms with Gasteiger partial charge >= 0.3 is 12.1 Å². The highest BCUT2D eigenvalue weighted by atomic mass is 16.6. The number of carboxylic acid groups (broad SMARTS) is 1. The standard InChI is InChI=1S/C17H21NO6/c1-17(2,3)24-16(23)18-12(15(21)22)9-10-13(19)14(20)11-7-5-4-6-8-11/h4-8,12H,9-10H2,1-3H3,(H,18,23)(H,21,22). The smallest absolute Gasteiger partial charge is 0.408 e. The van der Waals surface area contributed by atoms with E-state index in [4.69, 9.17) is 9.84 Å². The summed E-state index contributed by atoms with van der Waals surface area (Å²) in [4.78, 5) is 46.6. The van der Waals surface area contributed by atoms with Crippen molar-refractivity contribution in [3.63, 3.8) is 0 Å². The lowest BCUT2D eigenvalue weighted by Crippen LogP contribution is -2.43. The Morgan fingerprint density at radius 1 is 1.12 bits per heavy atom. The molecule has 130 valence electrons. The normalized spacial score (nSPS) is 12.1. The minimum absolute atomic E-state index is 0.202. The molecule has 1 unspecified atom stereocenters. The first-order valence-electron chi connectivity index (χ1n) is 7.45. The zero-order chi connectivity index (χ0) is 18.3. The molecule has 0 fully saturated rings. The first-order chi connectivity index (χ1) is 11.1. The highest BCUT2D eigenvalue weighted by Crippen LogP contribution is 2.09. The summed E-state index contributed by atoms with van der Waals surface area (Å²) >= 11 is 0. The summed E-state index contributed by atoms with van der Waals surface area (Å²) < 4.78 is 4.98. The van der Waals surface area contributed by atoms with Crippen LogP contribution in [0.2, 0.25) is 0 Å². The number of alkyl carbamates (subject to hydrolysis) is 1. The number of rotatable bonds is 7. The second-order valence-electron chi connectivity index (χ2n) is 6.19. The fourth-order valence-electron chi connectivity index (χ4n) is 1.85. The molecular formula is C17H21NO6. The lowest BCUT2D eigenvalue weighted by atomic mass is 10.0. The van der Waals surface area contributed by atoms with E-state index in [0.717, 1.165) is 0 Å². The number of amides is 1. The molecule has 7 nitrogen and oxygen atoms in total. The molecule has 0 heterocycles. The van der Waals surface area contributed by atoms with E-state index in [1.165, 1.54) is 12.1 Å². The van der Waals surface area contributed by atoms with E-state index in [1.54, 1.807) is 39.0 Å². The monoisotopic (exact) mass is 335 g/mol. The van der Waals surface area contributed by atoms with E-state index in [0.29, 0.717) is 0 Å². The molecule has 0 saturated heterocycles. The quantitative estimate of drug-likeness (QED) is 0.584. The Hall–Kier alpha value is -2.70. The lowest BCUT2D eigenvalue weighted by Gasteiger charge is -2.21. The zero-order valence-corrected chi connectivity index (χ0v) is 13.9. The van der Waals surface area contributed by atoms with Crippen LogP contribution in [0.15, 0.2) is 30.3 Å². The fourth-order valence-corrected chi connectivity index (χ4v) is 1.85. The van der Waals surface area contributed by atoms with Crippen molar-refractivity contribution in [2.75, 3.05) is 0 Å². The second-order valence-corrected chi connectivity index (χ2v) is 6.19. The number of aliphatic carboxylic acids is 1. The molecule has 1 amide bonds. The third kappa shape index (κ3) is 6.60. The largest absolute Gasteiger partial charge is 0.480 e. The average molecular weight is 335 g/mol. The van der Waals surface area contributed by atoms with E-state index in [9.17, 15) is 19.2 Å². The molecule has 2 N–H and O–H groups in total. The van der Waals surface area contributed by atoms with Gasteiger partial charge in [-0.3, -0.25) is 9.59 Å². The number of carboxylic acids is 1. The molecule has 0 saturated carbocycles. The van der Waals surface area contributed by atoms with Crippen LogP contribution in [0, 0.1) is 0 Å². The van der Waals surface area contributed by atoms with Crippen molar-refractivity contribution >= 4 is 23.6 Å². The Bertz CT molecular complexity index is 618. The van der Waals surface area contributed by atoms with Crippen LogP contribution in [-0.2, 0) is 14.3 Å². The number of hydrogen-bond donors (Lipinski definition) is 2. The first-order valence-corrected chi connectivity index (χ1v) is 7.45. The predicted molar refractivity (Wildman–Crippen MR) is 85.8 cm³/mol. The molecule has 24 heavy (non-hydrogen) atoms. The maximum Gasteiger partial charge on any atom is 0.408 e. The molecule has 1 rings (SSSR count). The van der Waals surface area contributed by atoms with Crippen LogP contribution in [0.1, 0.15) is 44.0 Å². The topological polar surface area (TPSA) is 110 Å². The van der Waals surface area contributed by atoms with Crippen molar-refractivity contribution in [3.05, 3.63) is 35.9 Å². The summed E-state index contributed by atoms with van der Waals surface area (Å²) in [5.74, 6) is -2.70. The first kappa shape index (κ1) is 19.3. The predicted octanol–water partition coefficient (Wildman–Crippen LogP) is 2.20. The van der Waals surface area contributed by atoms with Gasteiger partial charge in [-0.2, -0.15) is 0 Å². The van der Waals surface area contributed by atoms with Crippen molar-refractivity contribution in [3.8, 4) is 0 Å². The number of carbonyl (C=O) groups is 4. The maximum absolute atomic E-state index is 11.9. The molecule has 0 bridgehead atoms. The SMILES string of the molecule is CC(C)(C)OC(=O)NC(CCC(=O)C(=O)c1ccccc1)C(=O)O. The van der Waals surface area contributed by atoms with Crippen LogP contribution in [0.3, 0.4) is 0 Å². The van der Waals surface area contributed by atoms with Crippen molar-refractivity contribution in [1.29, 1.82) is 0 Å². The third-order valence-corrected chi connectivity index (χ3v) is 2.94. The molecule has 1 atom stereocenters. The maximum atomic E-state index is 11.9. The van der Waals surface area contributed by atoms with E-state index in [1.807, 2.05) is 0 Å². The molecule has 1 aromatic rings. The Labute approximate surface area is 140 Å². The van der Waals surface area contributed by atoms with Gasteiger partial charge in [0.2, 0.25) is 11.6 Å².